The largest absolute Gasteiger partial charge is 0.465 e. The summed E-state index contributed by atoms with van der Waals surface area (Å²) in [6.07, 6.45) is 1.72. The molecule has 1 unspecified atom stereocenters. The summed E-state index contributed by atoms with van der Waals surface area (Å²) in [5, 5.41) is 19.4. The number of aromatic nitrogens is 3. The predicted octanol–water partition coefficient (Wildman–Crippen LogP) is -0.688. The quantitative estimate of drug-likeness (QED) is 0.615. The van der Waals surface area contributed by atoms with Crippen molar-refractivity contribution in [3.63, 3.8) is 0 Å². The predicted molar refractivity (Wildman–Crippen MR) is 60.0 cm³/mol. The van der Waals surface area contributed by atoms with Crippen LogP contribution in [0.25, 0.3) is 0 Å². The second-order valence-corrected chi connectivity index (χ2v) is 3.55. The fourth-order valence-corrected chi connectivity index (χ4v) is 1.24. The summed E-state index contributed by atoms with van der Waals surface area (Å²) in [6, 6.07) is -0.377. The lowest BCUT2D eigenvalue weighted by Crippen LogP contribution is -2.35. The highest BCUT2D eigenvalue weighted by Gasteiger charge is 2.13. The van der Waals surface area contributed by atoms with Crippen molar-refractivity contribution < 1.29 is 14.6 Å². The van der Waals surface area contributed by atoms with E-state index in [1.807, 2.05) is 0 Å². The van der Waals surface area contributed by atoms with Gasteiger partial charge in [0.25, 0.3) is 0 Å². The second-order valence-electron chi connectivity index (χ2n) is 3.55. The molecule has 1 aromatic heterocycles. The Hall–Kier alpha value is -1.47. The van der Waals surface area contributed by atoms with Gasteiger partial charge in [0.05, 0.1) is 25.5 Å². The van der Waals surface area contributed by atoms with Crippen LogP contribution in [-0.2, 0) is 22.6 Å². The normalized spacial score (nSPS) is 12.4. The molecule has 0 radical (unpaired) electrons. The highest BCUT2D eigenvalue weighted by molar-refractivity contribution is 5.75. The number of esters is 1. The van der Waals surface area contributed by atoms with Crippen molar-refractivity contribution in [1.29, 1.82) is 0 Å². The van der Waals surface area contributed by atoms with Crippen LogP contribution in [0.3, 0.4) is 0 Å². The number of nitrogens with one attached hydrogen (secondary N) is 1. The Balaban J connectivity index is 2.36. The molecule has 17 heavy (non-hydrogen) atoms. The van der Waals surface area contributed by atoms with Gasteiger partial charge in [0.2, 0.25) is 0 Å². The van der Waals surface area contributed by atoms with Crippen LogP contribution in [0.5, 0.6) is 0 Å². The van der Waals surface area contributed by atoms with Gasteiger partial charge in [-0.25, -0.2) is 4.68 Å². The first-order chi connectivity index (χ1) is 8.17. The van der Waals surface area contributed by atoms with E-state index in [-0.39, 0.29) is 18.6 Å². The Morgan fingerprint density at radius 2 is 2.47 bits per heavy atom. The molecule has 0 bridgehead atoms. The Labute approximate surface area is 99.8 Å². The lowest BCUT2D eigenvalue weighted by Gasteiger charge is -2.10. The van der Waals surface area contributed by atoms with Crippen LogP contribution in [0.15, 0.2) is 6.20 Å². The molecule has 0 aliphatic rings. The zero-order valence-corrected chi connectivity index (χ0v) is 10.1. The maximum absolute atomic E-state index is 11.3. The third-order valence-corrected chi connectivity index (χ3v) is 2.14. The van der Waals surface area contributed by atoms with E-state index >= 15 is 0 Å². The van der Waals surface area contributed by atoms with Crippen molar-refractivity contribution in [2.75, 3.05) is 13.2 Å². The summed E-state index contributed by atoms with van der Waals surface area (Å²) in [5.74, 6) is -0.282. The average molecular weight is 242 g/mol. The van der Waals surface area contributed by atoms with Crippen molar-refractivity contribution in [2.24, 2.45) is 0 Å². The maximum Gasteiger partial charge on any atom is 0.322 e. The van der Waals surface area contributed by atoms with Gasteiger partial charge in [-0.1, -0.05) is 5.21 Å². The zero-order chi connectivity index (χ0) is 12.7. The number of nitrogens with zero attached hydrogens (tertiary/aromatic N) is 3. The average Bonchev–Trinajstić information content (AvgIpc) is 2.74. The van der Waals surface area contributed by atoms with E-state index in [2.05, 4.69) is 15.6 Å². The zero-order valence-electron chi connectivity index (χ0n) is 10.1. The number of hydrogen-bond donors (Lipinski definition) is 2. The van der Waals surface area contributed by atoms with Crippen molar-refractivity contribution >= 4 is 5.97 Å². The highest BCUT2D eigenvalue weighted by atomic mass is 16.5. The van der Waals surface area contributed by atoms with Crippen molar-refractivity contribution in [3.8, 4) is 0 Å². The molecule has 7 heteroatoms. The van der Waals surface area contributed by atoms with Crippen molar-refractivity contribution in [1.82, 2.24) is 20.3 Å². The highest BCUT2D eigenvalue weighted by Crippen LogP contribution is 1.95. The lowest BCUT2D eigenvalue weighted by molar-refractivity contribution is -0.145. The Morgan fingerprint density at radius 3 is 3.12 bits per heavy atom. The van der Waals surface area contributed by atoms with Gasteiger partial charge in [0.15, 0.2) is 0 Å². The molecule has 0 saturated carbocycles. The third-order valence-electron chi connectivity index (χ3n) is 2.14. The van der Waals surface area contributed by atoms with Crippen molar-refractivity contribution in [3.05, 3.63) is 11.9 Å². The Bertz CT molecular complexity index is 353. The number of rotatable bonds is 7. The molecule has 0 aliphatic carbocycles. The minimum atomic E-state index is -0.377. The van der Waals surface area contributed by atoms with Crippen LogP contribution in [0, 0.1) is 0 Å². The first-order valence-electron chi connectivity index (χ1n) is 5.57. The molecule has 1 aromatic rings. The molecule has 0 aromatic carbocycles. The van der Waals surface area contributed by atoms with Crippen LogP contribution < -0.4 is 5.32 Å². The van der Waals surface area contributed by atoms with Gasteiger partial charge < -0.3 is 9.84 Å². The summed E-state index contributed by atoms with van der Waals surface area (Å²) in [5.41, 5.74) is 0.717. The smallest absolute Gasteiger partial charge is 0.322 e. The minimum absolute atomic E-state index is 0.0233. The fraction of sp³-hybridized carbons (Fsp3) is 0.700. The SMILES string of the molecule is CCOC(=O)C(C)NCc1cn(CCO)nn1. The number of carbonyl (C=O) groups is 1. The van der Waals surface area contributed by atoms with Crippen LogP contribution in [0.4, 0.5) is 0 Å². The van der Waals surface area contributed by atoms with Gasteiger partial charge in [-0.05, 0) is 13.8 Å². The fourth-order valence-electron chi connectivity index (χ4n) is 1.24. The minimum Gasteiger partial charge on any atom is -0.465 e. The van der Waals surface area contributed by atoms with Gasteiger partial charge in [0.1, 0.15) is 6.04 Å². The molecule has 1 rings (SSSR count). The van der Waals surface area contributed by atoms with E-state index in [1.54, 1.807) is 24.7 Å². The molecule has 0 aliphatic heterocycles. The number of ether oxygens (including phenoxy) is 1. The van der Waals surface area contributed by atoms with E-state index in [9.17, 15) is 4.79 Å². The molecule has 1 atom stereocenters. The number of carbonyl (C=O) groups excluding carboxylic acids is 1. The topological polar surface area (TPSA) is 89.3 Å². The van der Waals surface area contributed by atoms with E-state index in [4.69, 9.17) is 9.84 Å². The Morgan fingerprint density at radius 1 is 1.71 bits per heavy atom. The van der Waals surface area contributed by atoms with Gasteiger partial charge in [-0.15, -0.1) is 5.10 Å². The second kappa shape index (κ2) is 6.97. The van der Waals surface area contributed by atoms with Gasteiger partial charge in [0, 0.05) is 12.7 Å². The van der Waals surface area contributed by atoms with Crippen molar-refractivity contribution in [2.45, 2.75) is 33.0 Å². The van der Waals surface area contributed by atoms with E-state index in [0.717, 1.165) is 5.69 Å². The standard InChI is InChI=1S/C10H18N4O3/c1-3-17-10(16)8(2)11-6-9-7-14(4-5-15)13-12-9/h7-8,11,15H,3-6H2,1-2H3. The molecule has 2 N–H and O–H groups in total. The first kappa shape index (κ1) is 13.6. The van der Waals surface area contributed by atoms with E-state index < -0.39 is 0 Å². The van der Waals surface area contributed by atoms with Crippen LogP contribution >= 0.6 is 0 Å². The molecule has 1 heterocycles. The molecule has 0 spiro atoms. The monoisotopic (exact) mass is 242 g/mol. The number of aliphatic hydroxyl groups is 1. The summed E-state index contributed by atoms with van der Waals surface area (Å²) in [6.45, 7) is 4.75. The van der Waals surface area contributed by atoms with Gasteiger partial charge in [-0.2, -0.15) is 0 Å². The summed E-state index contributed by atoms with van der Waals surface area (Å²) >= 11 is 0. The Kier molecular flexibility index (Phi) is 5.58. The van der Waals surface area contributed by atoms with Crippen LogP contribution in [0.1, 0.15) is 19.5 Å². The van der Waals surface area contributed by atoms with E-state index in [0.29, 0.717) is 19.7 Å². The third kappa shape index (κ3) is 4.49. The molecule has 96 valence electrons. The lowest BCUT2D eigenvalue weighted by atomic mass is 10.3. The summed E-state index contributed by atoms with van der Waals surface area (Å²) in [7, 11) is 0. The summed E-state index contributed by atoms with van der Waals surface area (Å²) in [4.78, 5) is 11.3. The van der Waals surface area contributed by atoms with E-state index in [1.165, 1.54) is 0 Å². The number of aliphatic hydroxyl groups excluding tert-OH is 1. The molecule has 0 amide bonds. The molecule has 7 nitrogen and oxygen atoms in total. The van der Waals surface area contributed by atoms with Gasteiger partial charge >= 0.3 is 5.97 Å². The molecular weight excluding hydrogens is 224 g/mol. The van der Waals surface area contributed by atoms with Crippen LogP contribution in [-0.4, -0.2) is 45.3 Å². The number of hydrogen-bond acceptors (Lipinski definition) is 6. The van der Waals surface area contributed by atoms with Crippen LogP contribution in [0.2, 0.25) is 0 Å². The molecular formula is C10H18N4O3. The maximum atomic E-state index is 11.3. The molecule has 0 fully saturated rings. The molecule has 0 saturated heterocycles. The first-order valence-corrected chi connectivity index (χ1v) is 5.57. The summed E-state index contributed by atoms with van der Waals surface area (Å²) < 4.78 is 6.41. The van der Waals surface area contributed by atoms with Gasteiger partial charge in [-0.3, -0.25) is 10.1 Å².